The summed E-state index contributed by atoms with van der Waals surface area (Å²) < 4.78 is 44.7. The number of aryl methyl sites for hydroxylation is 2. The quantitative estimate of drug-likeness (QED) is 0.714. The van der Waals surface area contributed by atoms with E-state index in [9.17, 15) is 13.2 Å². The summed E-state index contributed by atoms with van der Waals surface area (Å²) in [6, 6.07) is 12.3. The number of nitrogen functional groups attached to an aromatic ring is 1. The van der Waals surface area contributed by atoms with Gasteiger partial charge in [-0.25, -0.2) is 4.68 Å². The lowest BCUT2D eigenvalue weighted by Gasteiger charge is -2.37. The van der Waals surface area contributed by atoms with Crippen LogP contribution in [-0.2, 0) is 5.54 Å². The third-order valence-corrected chi connectivity index (χ3v) is 4.46. The van der Waals surface area contributed by atoms with Gasteiger partial charge in [0.15, 0.2) is 0 Å². The van der Waals surface area contributed by atoms with Gasteiger partial charge in [-0.2, -0.15) is 18.3 Å². The lowest BCUT2D eigenvalue weighted by molar-refractivity contribution is -0.189. The summed E-state index contributed by atoms with van der Waals surface area (Å²) >= 11 is 0. The molecule has 0 aliphatic carbocycles. The van der Waals surface area contributed by atoms with Gasteiger partial charge in [-0.05, 0) is 42.2 Å². The number of nitrogens with zero attached hydrogens (tertiary/aromatic N) is 2. The van der Waals surface area contributed by atoms with Gasteiger partial charge in [0.2, 0.25) is 5.54 Å². The Bertz CT molecular complexity index is 848. The van der Waals surface area contributed by atoms with E-state index in [4.69, 9.17) is 5.73 Å². The molecule has 1 heterocycles. The van der Waals surface area contributed by atoms with E-state index < -0.39 is 11.7 Å². The van der Waals surface area contributed by atoms with E-state index in [1.54, 1.807) is 32.0 Å². The molecule has 0 saturated carbocycles. The Balaban J connectivity index is 2.45. The molecular weight excluding hydrogens is 327 g/mol. The van der Waals surface area contributed by atoms with Gasteiger partial charge in [0.05, 0.1) is 0 Å². The van der Waals surface area contributed by atoms with Crippen molar-refractivity contribution >= 4 is 5.69 Å². The highest BCUT2D eigenvalue weighted by Gasteiger charge is 2.59. The maximum Gasteiger partial charge on any atom is 0.422 e. The molecule has 1 atom stereocenters. The molecule has 0 aliphatic rings. The fourth-order valence-corrected chi connectivity index (χ4v) is 3.22. The summed E-state index contributed by atoms with van der Waals surface area (Å²) in [5.41, 5.74) is 5.40. The number of anilines is 1. The van der Waals surface area contributed by atoms with Gasteiger partial charge in [-0.1, -0.05) is 42.5 Å². The summed E-state index contributed by atoms with van der Waals surface area (Å²) in [4.78, 5) is 0. The van der Waals surface area contributed by atoms with Crippen LogP contribution in [0, 0.1) is 13.8 Å². The molecule has 6 heteroatoms. The van der Waals surface area contributed by atoms with Crippen LogP contribution in [0.5, 0.6) is 0 Å². The predicted molar refractivity (Wildman–Crippen MR) is 91.2 cm³/mol. The van der Waals surface area contributed by atoms with E-state index in [2.05, 4.69) is 5.10 Å². The SMILES string of the molecule is Cc1cc(C(c2ccccc2)(n2cccn2)C(F)(F)F)cc(C)c1N. The molecule has 0 saturated heterocycles. The Hall–Kier alpha value is -2.76. The van der Waals surface area contributed by atoms with Gasteiger partial charge < -0.3 is 5.73 Å². The molecule has 0 bridgehead atoms. The van der Waals surface area contributed by atoms with Crippen molar-refractivity contribution < 1.29 is 13.2 Å². The van der Waals surface area contributed by atoms with Gasteiger partial charge in [0.25, 0.3) is 0 Å². The zero-order valence-electron chi connectivity index (χ0n) is 13.9. The maximum atomic E-state index is 14.6. The lowest BCUT2D eigenvalue weighted by Crippen LogP contribution is -2.50. The number of nitrogens with two attached hydrogens (primary N) is 1. The molecule has 2 aromatic carbocycles. The van der Waals surface area contributed by atoms with Crippen molar-refractivity contribution in [1.29, 1.82) is 0 Å². The highest BCUT2D eigenvalue weighted by Crippen LogP contribution is 2.47. The second-order valence-corrected chi connectivity index (χ2v) is 6.05. The van der Waals surface area contributed by atoms with Crippen LogP contribution >= 0.6 is 0 Å². The van der Waals surface area contributed by atoms with Crippen LogP contribution in [0.15, 0.2) is 60.9 Å². The Kier molecular flexibility index (Phi) is 4.06. The molecule has 1 unspecified atom stereocenters. The number of hydrogen-bond donors (Lipinski definition) is 1. The summed E-state index contributed by atoms with van der Waals surface area (Å²) in [5.74, 6) is 0. The van der Waals surface area contributed by atoms with Crippen LogP contribution in [0.25, 0.3) is 0 Å². The third kappa shape index (κ3) is 2.58. The Morgan fingerprint density at radius 3 is 2.00 bits per heavy atom. The summed E-state index contributed by atoms with van der Waals surface area (Å²) in [6.45, 7) is 3.42. The van der Waals surface area contributed by atoms with Crippen molar-refractivity contribution in [1.82, 2.24) is 9.78 Å². The Morgan fingerprint density at radius 1 is 0.920 bits per heavy atom. The monoisotopic (exact) mass is 345 g/mol. The first-order valence-electron chi connectivity index (χ1n) is 7.78. The van der Waals surface area contributed by atoms with Crippen LogP contribution in [0.3, 0.4) is 0 Å². The predicted octanol–water partition coefficient (Wildman–Crippen LogP) is 4.44. The second kappa shape index (κ2) is 5.95. The van der Waals surface area contributed by atoms with E-state index in [0.717, 1.165) is 4.68 Å². The van der Waals surface area contributed by atoms with Crippen molar-refractivity contribution in [2.45, 2.75) is 25.6 Å². The third-order valence-electron chi connectivity index (χ3n) is 4.46. The topological polar surface area (TPSA) is 43.8 Å². The van der Waals surface area contributed by atoms with E-state index in [1.165, 1.54) is 42.7 Å². The smallest absolute Gasteiger partial charge is 0.398 e. The zero-order chi connectivity index (χ0) is 18.2. The van der Waals surface area contributed by atoms with Gasteiger partial charge in [0.1, 0.15) is 0 Å². The summed E-state index contributed by atoms with van der Waals surface area (Å²) in [7, 11) is 0. The largest absolute Gasteiger partial charge is 0.422 e. The van der Waals surface area contributed by atoms with Gasteiger partial charge in [-0.15, -0.1) is 0 Å². The minimum absolute atomic E-state index is 0.0825. The van der Waals surface area contributed by atoms with Crippen LogP contribution in [0.1, 0.15) is 22.3 Å². The Labute approximate surface area is 143 Å². The minimum Gasteiger partial charge on any atom is -0.398 e. The van der Waals surface area contributed by atoms with Crippen molar-refractivity contribution in [3.63, 3.8) is 0 Å². The molecule has 0 spiro atoms. The number of aromatic nitrogens is 2. The standard InChI is InChI=1S/C19H18F3N3/c1-13-11-16(12-14(2)17(13)23)18(19(20,21)22,25-10-6-9-24-25)15-7-4-3-5-8-15/h3-12H,23H2,1-2H3. The Morgan fingerprint density at radius 2 is 1.52 bits per heavy atom. The van der Waals surface area contributed by atoms with Crippen LogP contribution in [0.4, 0.5) is 18.9 Å². The van der Waals surface area contributed by atoms with Gasteiger partial charge in [0, 0.05) is 18.1 Å². The maximum absolute atomic E-state index is 14.6. The van der Waals surface area contributed by atoms with E-state index in [0.29, 0.717) is 16.8 Å². The minimum atomic E-state index is -4.62. The van der Waals surface area contributed by atoms with Crippen LogP contribution < -0.4 is 5.73 Å². The normalized spacial score (nSPS) is 14.3. The molecule has 1 aromatic heterocycles. The van der Waals surface area contributed by atoms with E-state index >= 15 is 0 Å². The number of alkyl halides is 3. The molecule has 0 amide bonds. The first kappa shape index (κ1) is 17.1. The molecule has 3 rings (SSSR count). The number of hydrogen-bond acceptors (Lipinski definition) is 2. The number of halogens is 3. The molecule has 0 radical (unpaired) electrons. The molecular formula is C19H18F3N3. The second-order valence-electron chi connectivity index (χ2n) is 6.05. The fraction of sp³-hybridized carbons (Fsp3) is 0.211. The average Bonchev–Trinajstić information content (AvgIpc) is 3.07. The number of rotatable bonds is 3. The molecule has 130 valence electrons. The van der Waals surface area contributed by atoms with Crippen molar-refractivity contribution in [2.75, 3.05) is 5.73 Å². The van der Waals surface area contributed by atoms with Crippen molar-refractivity contribution in [3.8, 4) is 0 Å². The number of benzene rings is 2. The van der Waals surface area contributed by atoms with Crippen molar-refractivity contribution in [3.05, 3.63) is 83.2 Å². The molecule has 0 fully saturated rings. The van der Waals surface area contributed by atoms with E-state index in [1.807, 2.05) is 0 Å². The first-order chi connectivity index (χ1) is 11.8. The molecule has 3 aromatic rings. The fourth-order valence-electron chi connectivity index (χ4n) is 3.22. The summed E-state index contributed by atoms with van der Waals surface area (Å²) in [5, 5.41) is 3.96. The first-order valence-corrected chi connectivity index (χ1v) is 7.78. The molecule has 2 N–H and O–H groups in total. The lowest BCUT2D eigenvalue weighted by atomic mass is 9.80. The van der Waals surface area contributed by atoms with Crippen molar-refractivity contribution in [2.24, 2.45) is 0 Å². The molecule has 3 nitrogen and oxygen atoms in total. The molecule has 0 aliphatic heterocycles. The molecule has 25 heavy (non-hydrogen) atoms. The van der Waals surface area contributed by atoms with Crippen LogP contribution in [-0.4, -0.2) is 16.0 Å². The van der Waals surface area contributed by atoms with Crippen LogP contribution in [0.2, 0.25) is 0 Å². The van der Waals surface area contributed by atoms with Gasteiger partial charge >= 0.3 is 6.18 Å². The highest BCUT2D eigenvalue weighted by atomic mass is 19.4. The van der Waals surface area contributed by atoms with Gasteiger partial charge in [-0.3, -0.25) is 0 Å². The highest BCUT2D eigenvalue weighted by molar-refractivity contribution is 5.57. The zero-order valence-corrected chi connectivity index (χ0v) is 13.9. The van der Waals surface area contributed by atoms with E-state index in [-0.39, 0.29) is 11.1 Å². The summed E-state index contributed by atoms with van der Waals surface area (Å²) in [6.07, 6.45) is -1.93. The average molecular weight is 345 g/mol.